The summed E-state index contributed by atoms with van der Waals surface area (Å²) >= 11 is 5.86. The van der Waals surface area contributed by atoms with E-state index in [1.807, 2.05) is 42.6 Å². The molecule has 0 aliphatic carbocycles. The minimum Gasteiger partial charge on any atom is -0.495 e. The largest absolute Gasteiger partial charge is 0.495 e. The van der Waals surface area contributed by atoms with E-state index in [4.69, 9.17) is 17.0 Å². The summed E-state index contributed by atoms with van der Waals surface area (Å²) in [6.45, 7) is 2.10. The fraction of sp³-hybridized carbons (Fsp3) is 0.154. The molecule has 0 radical (unpaired) electrons. The summed E-state index contributed by atoms with van der Waals surface area (Å²) < 4.78 is 7.84. The summed E-state index contributed by atoms with van der Waals surface area (Å²) in [4.78, 5) is 6.85. The molecule has 0 saturated carbocycles. The smallest absolute Gasteiger partial charge is 0.174 e. The van der Waals surface area contributed by atoms with Crippen molar-refractivity contribution in [1.29, 1.82) is 0 Å². The van der Waals surface area contributed by atoms with E-state index in [-0.39, 0.29) is 12.1 Å². The van der Waals surface area contributed by atoms with E-state index < -0.39 is 0 Å². The monoisotopic (exact) mass is 440 g/mol. The van der Waals surface area contributed by atoms with Crippen molar-refractivity contribution in [2.45, 2.75) is 19.0 Å². The van der Waals surface area contributed by atoms with Crippen LogP contribution in [0.4, 0.5) is 5.69 Å². The molecule has 2 atom stereocenters. The Hall–Kier alpha value is -3.64. The van der Waals surface area contributed by atoms with Gasteiger partial charge in [0, 0.05) is 23.8 Å². The molecule has 4 aromatic rings. The van der Waals surface area contributed by atoms with E-state index in [0.29, 0.717) is 5.11 Å². The minimum absolute atomic E-state index is 0.0980. The van der Waals surface area contributed by atoms with E-state index in [1.54, 1.807) is 7.11 Å². The highest BCUT2D eigenvalue weighted by atomic mass is 32.1. The van der Waals surface area contributed by atoms with Crippen LogP contribution in [-0.2, 0) is 0 Å². The number of anilines is 1. The van der Waals surface area contributed by atoms with Crippen molar-refractivity contribution in [1.82, 2.24) is 14.9 Å². The number of methoxy groups -OCH3 is 1. The highest BCUT2D eigenvalue weighted by Crippen LogP contribution is 2.43. The van der Waals surface area contributed by atoms with Gasteiger partial charge in [-0.3, -0.25) is 4.98 Å². The maximum absolute atomic E-state index is 5.86. The van der Waals surface area contributed by atoms with Crippen molar-refractivity contribution in [2.24, 2.45) is 0 Å². The van der Waals surface area contributed by atoms with Crippen LogP contribution in [0.25, 0.3) is 5.69 Å². The number of aromatic nitrogens is 2. The number of nitrogens with one attached hydrogen (secondary N) is 1. The van der Waals surface area contributed by atoms with Gasteiger partial charge in [-0.05, 0) is 73.2 Å². The zero-order valence-electron chi connectivity index (χ0n) is 18.0. The van der Waals surface area contributed by atoms with Crippen molar-refractivity contribution < 1.29 is 4.74 Å². The van der Waals surface area contributed by atoms with Gasteiger partial charge < -0.3 is 19.5 Å². The summed E-state index contributed by atoms with van der Waals surface area (Å²) in [7, 11) is 1.70. The number of pyridine rings is 1. The molecule has 2 aromatic carbocycles. The van der Waals surface area contributed by atoms with Gasteiger partial charge in [-0.1, -0.05) is 30.3 Å². The van der Waals surface area contributed by atoms with Gasteiger partial charge >= 0.3 is 0 Å². The SMILES string of the molecule is COc1ccccc1-n1cccc1[C@H]1[C@@H](c2ccccn2)NC(=S)N1c1cccc(C)c1. The molecule has 0 unspecified atom stereocenters. The maximum atomic E-state index is 5.86. The van der Waals surface area contributed by atoms with Gasteiger partial charge in [0.05, 0.1) is 24.5 Å². The van der Waals surface area contributed by atoms with Crippen molar-refractivity contribution in [3.8, 4) is 11.4 Å². The third-order valence-electron chi connectivity index (χ3n) is 5.81. The van der Waals surface area contributed by atoms with E-state index in [1.165, 1.54) is 5.56 Å². The van der Waals surface area contributed by atoms with Crippen LogP contribution in [0.1, 0.15) is 29.0 Å². The van der Waals surface area contributed by atoms with Crippen LogP contribution in [0.3, 0.4) is 0 Å². The number of para-hydroxylation sites is 2. The Bertz CT molecular complexity index is 1250. The van der Waals surface area contributed by atoms with Gasteiger partial charge in [0.1, 0.15) is 11.8 Å². The van der Waals surface area contributed by atoms with E-state index >= 15 is 0 Å². The first-order valence-electron chi connectivity index (χ1n) is 10.6. The molecule has 2 aromatic heterocycles. The zero-order valence-corrected chi connectivity index (χ0v) is 18.8. The highest BCUT2D eigenvalue weighted by molar-refractivity contribution is 7.80. The van der Waals surface area contributed by atoms with E-state index in [9.17, 15) is 0 Å². The molecular formula is C26H24N4OS. The molecule has 1 aliphatic rings. The molecule has 3 heterocycles. The Morgan fingerprint density at radius 3 is 2.59 bits per heavy atom. The fourth-order valence-electron chi connectivity index (χ4n) is 4.39. The summed E-state index contributed by atoms with van der Waals surface area (Å²) in [6, 6.07) is 26.5. The van der Waals surface area contributed by atoms with Crippen molar-refractivity contribution >= 4 is 23.0 Å². The Morgan fingerprint density at radius 1 is 0.969 bits per heavy atom. The molecule has 5 rings (SSSR count). The second-order valence-corrected chi connectivity index (χ2v) is 8.20. The normalized spacial score (nSPS) is 17.9. The van der Waals surface area contributed by atoms with Crippen LogP contribution in [0.15, 0.2) is 91.3 Å². The van der Waals surface area contributed by atoms with E-state index in [0.717, 1.165) is 28.5 Å². The van der Waals surface area contributed by atoms with Crippen LogP contribution in [0, 0.1) is 6.92 Å². The summed E-state index contributed by atoms with van der Waals surface area (Å²) in [5, 5.41) is 4.22. The summed E-state index contributed by atoms with van der Waals surface area (Å²) in [5.74, 6) is 0.815. The van der Waals surface area contributed by atoms with Gasteiger partial charge in [0.25, 0.3) is 0 Å². The molecule has 1 N–H and O–H groups in total. The first-order valence-corrected chi connectivity index (χ1v) is 11.0. The van der Waals surface area contributed by atoms with Crippen LogP contribution >= 0.6 is 12.2 Å². The molecule has 0 amide bonds. The second-order valence-electron chi connectivity index (χ2n) is 7.81. The van der Waals surface area contributed by atoms with E-state index in [2.05, 4.69) is 75.4 Å². The van der Waals surface area contributed by atoms with Crippen molar-refractivity contribution in [3.05, 3.63) is 108 Å². The molecule has 0 bridgehead atoms. The first-order chi connectivity index (χ1) is 15.7. The molecule has 5 nitrogen and oxygen atoms in total. The molecule has 1 saturated heterocycles. The Labute approximate surface area is 193 Å². The number of rotatable bonds is 5. The predicted molar refractivity (Wildman–Crippen MR) is 131 cm³/mol. The maximum Gasteiger partial charge on any atom is 0.174 e. The van der Waals surface area contributed by atoms with Crippen molar-refractivity contribution in [2.75, 3.05) is 12.0 Å². The topological polar surface area (TPSA) is 42.3 Å². The summed E-state index contributed by atoms with van der Waals surface area (Å²) in [5.41, 5.74) is 5.27. The number of benzene rings is 2. The van der Waals surface area contributed by atoms with Gasteiger partial charge in [-0.2, -0.15) is 0 Å². The predicted octanol–water partition coefficient (Wildman–Crippen LogP) is 5.37. The molecule has 1 fully saturated rings. The second kappa shape index (κ2) is 8.48. The molecule has 160 valence electrons. The molecule has 32 heavy (non-hydrogen) atoms. The average Bonchev–Trinajstić information content (AvgIpc) is 3.43. The summed E-state index contributed by atoms with van der Waals surface area (Å²) in [6.07, 6.45) is 3.89. The zero-order chi connectivity index (χ0) is 22.1. The lowest BCUT2D eigenvalue weighted by molar-refractivity contribution is 0.412. The number of aryl methyl sites for hydroxylation is 1. The average molecular weight is 441 g/mol. The van der Waals surface area contributed by atoms with Crippen LogP contribution in [0.2, 0.25) is 0 Å². The van der Waals surface area contributed by atoms with Crippen LogP contribution in [0.5, 0.6) is 5.75 Å². The molecule has 6 heteroatoms. The number of thiocarbonyl (C=S) groups is 1. The Morgan fingerprint density at radius 2 is 1.81 bits per heavy atom. The molecular weight excluding hydrogens is 416 g/mol. The lowest BCUT2D eigenvalue weighted by Gasteiger charge is -2.29. The van der Waals surface area contributed by atoms with Gasteiger partial charge in [0.2, 0.25) is 0 Å². The Balaban J connectivity index is 1.69. The van der Waals surface area contributed by atoms with Crippen LogP contribution in [-0.4, -0.2) is 21.8 Å². The first kappa shape index (κ1) is 20.3. The quantitative estimate of drug-likeness (QED) is 0.423. The minimum atomic E-state index is -0.104. The van der Waals surface area contributed by atoms with Crippen LogP contribution < -0.4 is 15.0 Å². The fourth-order valence-corrected chi connectivity index (χ4v) is 4.74. The number of ether oxygens (including phenoxy) is 1. The van der Waals surface area contributed by atoms with Gasteiger partial charge in [-0.25, -0.2) is 0 Å². The number of hydrogen-bond acceptors (Lipinski definition) is 3. The highest BCUT2D eigenvalue weighted by Gasteiger charge is 2.42. The standard InChI is InChI=1S/C26H24N4OS/c1-18-9-7-10-19(17-18)30-25(24(28-26(30)32)20-11-5-6-15-27-20)22-13-8-16-29(22)21-12-3-4-14-23(21)31-2/h3-17,24-25H,1-2H3,(H,28,32)/t24-,25+/m1/s1. The van der Waals surface area contributed by atoms with Gasteiger partial charge in [0.15, 0.2) is 5.11 Å². The third-order valence-corrected chi connectivity index (χ3v) is 6.12. The third kappa shape index (κ3) is 3.52. The molecule has 1 aliphatic heterocycles. The number of nitrogens with zero attached hydrogens (tertiary/aromatic N) is 3. The Kier molecular flexibility index (Phi) is 5.37. The lowest BCUT2D eigenvalue weighted by Crippen LogP contribution is -2.30. The van der Waals surface area contributed by atoms with Gasteiger partial charge in [-0.15, -0.1) is 0 Å². The number of hydrogen-bond donors (Lipinski definition) is 1. The molecule has 0 spiro atoms. The lowest BCUT2D eigenvalue weighted by atomic mass is 10.0. The van der Waals surface area contributed by atoms with Crippen molar-refractivity contribution in [3.63, 3.8) is 0 Å².